The van der Waals surface area contributed by atoms with Gasteiger partial charge in [-0.2, -0.15) is 4.98 Å². The lowest BCUT2D eigenvalue weighted by atomic mass is 10.0. The number of aromatic nitrogens is 2. The van der Waals surface area contributed by atoms with Gasteiger partial charge in [-0.25, -0.2) is 4.98 Å². The van der Waals surface area contributed by atoms with Gasteiger partial charge in [0.25, 0.3) is 0 Å². The van der Waals surface area contributed by atoms with Crippen LogP contribution in [-0.4, -0.2) is 30.7 Å². The van der Waals surface area contributed by atoms with Crippen LogP contribution in [0, 0.1) is 0 Å². The molecule has 1 aliphatic rings. The molecule has 2 aromatic carbocycles. The molecule has 0 unspecified atom stereocenters. The molecular weight excluding hydrogens is 352 g/mol. The Kier molecular flexibility index (Phi) is 5.28. The molecule has 144 valence electrons. The van der Waals surface area contributed by atoms with Crippen molar-refractivity contribution < 1.29 is 9.47 Å². The van der Waals surface area contributed by atoms with Gasteiger partial charge in [0, 0.05) is 25.8 Å². The molecule has 28 heavy (non-hydrogen) atoms. The van der Waals surface area contributed by atoms with Crippen molar-refractivity contribution in [3.8, 4) is 11.5 Å². The summed E-state index contributed by atoms with van der Waals surface area (Å²) in [5, 5.41) is 3.37. The van der Waals surface area contributed by atoms with E-state index in [4.69, 9.17) is 14.5 Å². The molecule has 6 heteroatoms. The van der Waals surface area contributed by atoms with Gasteiger partial charge in [0.05, 0.1) is 14.2 Å². The van der Waals surface area contributed by atoms with Crippen LogP contribution >= 0.6 is 0 Å². The second-order valence-corrected chi connectivity index (χ2v) is 6.73. The van der Waals surface area contributed by atoms with Crippen LogP contribution in [-0.2, 0) is 19.5 Å². The molecule has 0 radical (unpaired) electrons. The van der Waals surface area contributed by atoms with Crippen LogP contribution in [0.4, 0.5) is 11.8 Å². The summed E-state index contributed by atoms with van der Waals surface area (Å²) in [6.07, 6.45) is 2.82. The monoisotopic (exact) mass is 376 g/mol. The first-order valence-electron chi connectivity index (χ1n) is 9.36. The highest BCUT2D eigenvalue weighted by atomic mass is 16.5. The molecule has 6 nitrogen and oxygen atoms in total. The van der Waals surface area contributed by atoms with Gasteiger partial charge in [-0.05, 0) is 41.3 Å². The summed E-state index contributed by atoms with van der Waals surface area (Å²) in [6, 6.07) is 16.4. The van der Waals surface area contributed by atoms with Crippen molar-refractivity contribution in [2.24, 2.45) is 0 Å². The zero-order chi connectivity index (χ0) is 19.3. The number of hydrogen-bond donors (Lipinski definition) is 1. The molecule has 0 saturated carbocycles. The van der Waals surface area contributed by atoms with Crippen molar-refractivity contribution in [1.82, 2.24) is 9.97 Å². The summed E-state index contributed by atoms with van der Waals surface area (Å²) in [5.41, 5.74) is 3.85. The first-order valence-corrected chi connectivity index (χ1v) is 9.36. The predicted molar refractivity (Wildman–Crippen MR) is 110 cm³/mol. The van der Waals surface area contributed by atoms with E-state index in [9.17, 15) is 0 Å². The standard InChI is InChI=1S/C22H24N4O2/c1-27-19-8-7-16(13-20(19)28-2)14-24-21-9-11-23-22(25-21)26-12-10-17-5-3-4-6-18(17)15-26/h3-9,11,13H,10,12,14-15H2,1-2H3,(H,23,24,25). The lowest BCUT2D eigenvalue weighted by Gasteiger charge is -2.28. The molecule has 1 aromatic heterocycles. The van der Waals surface area contributed by atoms with Gasteiger partial charge in [0.15, 0.2) is 11.5 Å². The van der Waals surface area contributed by atoms with Crippen molar-refractivity contribution in [1.29, 1.82) is 0 Å². The van der Waals surface area contributed by atoms with Gasteiger partial charge in [0.2, 0.25) is 5.95 Å². The summed E-state index contributed by atoms with van der Waals surface area (Å²) < 4.78 is 10.7. The SMILES string of the molecule is COc1ccc(CNc2ccnc(N3CCc4ccccc4C3)n2)cc1OC. The Morgan fingerprint density at radius 1 is 1.00 bits per heavy atom. The van der Waals surface area contributed by atoms with Crippen LogP contribution in [0.15, 0.2) is 54.7 Å². The molecular formula is C22H24N4O2. The van der Waals surface area contributed by atoms with Crippen molar-refractivity contribution in [3.63, 3.8) is 0 Å². The number of hydrogen-bond acceptors (Lipinski definition) is 6. The molecule has 0 spiro atoms. The van der Waals surface area contributed by atoms with Crippen LogP contribution in [0.2, 0.25) is 0 Å². The Bertz CT molecular complexity index is 961. The second kappa shape index (κ2) is 8.17. The summed E-state index contributed by atoms with van der Waals surface area (Å²) in [6.45, 7) is 2.41. The summed E-state index contributed by atoms with van der Waals surface area (Å²) in [4.78, 5) is 11.4. The van der Waals surface area contributed by atoms with E-state index in [0.29, 0.717) is 6.54 Å². The Hall–Kier alpha value is -3.28. The fourth-order valence-electron chi connectivity index (χ4n) is 3.45. The van der Waals surface area contributed by atoms with E-state index in [1.807, 2.05) is 24.3 Å². The lowest BCUT2D eigenvalue weighted by Crippen LogP contribution is -2.31. The fraction of sp³-hybridized carbons (Fsp3) is 0.273. The number of benzene rings is 2. The van der Waals surface area contributed by atoms with Gasteiger partial charge >= 0.3 is 0 Å². The number of nitrogens with zero attached hydrogens (tertiary/aromatic N) is 3. The fourth-order valence-corrected chi connectivity index (χ4v) is 3.45. The molecule has 0 fully saturated rings. The topological polar surface area (TPSA) is 59.5 Å². The Balaban J connectivity index is 1.45. The first kappa shape index (κ1) is 18.1. The van der Waals surface area contributed by atoms with Gasteiger partial charge in [0.1, 0.15) is 5.82 Å². The highest BCUT2D eigenvalue weighted by molar-refractivity contribution is 5.47. The number of fused-ring (bicyclic) bond motifs is 1. The number of rotatable bonds is 6. The third-order valence-electron chi connectivity index (χ3n) is 4.98. The molecule has 0 saturated heterocycles. The number of nitrogens with one attached hydrogen (secondary N) is 1. The van der Waals surface area contributed by atoms with E-state index < -0.39 is 0 Å². The Morgan fingerprint density at radius 3 is 2.64 bits per heavy atom. The molecule has 0 atom stereocenters. The minimum atomic E-state index is 0.639. The van der Waals surface area contributed by atoms with Crippen molar-refractivity contribution in [2.45, 2.75) is 19.5 Å². The molecule has 1 aliphatic heterocycles. The molecule has 0 bridgehead atoms. The van der Waals surface area contributed by atoms with E-state index in [1.165, 1.54) is 11.1 Å². The second-order valence-electron chi connectivity index (χ2n) is 6.73. The molecule has 0 aliphatic carbocycles. The third kappa shape index (κ3) is 3.86. The predicted octanol–water partition coefficient (Wildman–Crippen LogP) is 3.67. The van der Waals surface area contributed by atoms with Crippen LogP contribution < -0.4 is 19.7 Å². The minimum absolute atomic E-state index is 0.639. The zero-order valence-electron chi connectivity index (χ0n) is 16.2. The molecule has 3 aromatic rings. The first-order chi connectivity index (χ1) is 13.8. The van der Waals surface area contributed by atoms with E-state index in [-0.39, 0.29) is 0 Å². The van der Waals surface area contributed by atoms with E-state index in [2.05, 4.69) is 39.5 Å². The maximum Gasteiger partial charge on any atom is 0.227 e. The zero-order valence-corrected chi connectivity index (χ0v) is 16.2. The number of ether oxygens (including phenoxy) is 2. The largest absolute Gasteiger partial charge is 0.493 e. The smallest absolute Gasteiger partial charge is 0.227 e. The Labute approximate surface area is 165 Å². The lowest BCUT2D eigenvalue weighted by molar-refractivity contribution is 0.354. The van der Waals surface area contributed by atoms with E-state index >= 15 is 0 Å². The van der Waals surface area contributed by atoms with Crippen molar-refractivity contribution in [2.75, 3.05) is 31.0 Å². The summed E-state index contributed by atoms with van der Waals surface area (Å²) >= 11 is 0. The van der Waals surface area contributed by atoms with E-state index in [0.717, 1.165) is 48.3 Å². The third-order valence-corrected chi connectivity index (χ3v) is 4.98. The highest BCUT2D eigenvalue weighted by Gasteiger charge is 2.18. The molecule has 2 heterocycles. The average molecular weight is 376 g/mol. The quantitative estimate of drug-likeness (QED) is 0.708. The van der Waals surface area contributed by atoms with Gasteiger partial charge < -0.3 is 19.7 Å². The molecule has 0 amide bonds. The van der Waals surface area contributed by atoms with Gasteiger partial charge in [-0.3, -0.25) is 0 Å². The van der Waals surface area contributed by atoms with Crippen molar-refractivity contribution >= 4 is 11.8 Å². The van der Waals surface area contributed by atoms with Crippen LogP contribution in [0.3, 0.4) is 0 Å². The Morgan fingerprint density at radius 2 is 1.82 bits per heavy atom. The maximum atomic E-state index is 5.37. The average Bonchev–Trinajstić information content (AvgIpc) is 2.77. The number of methoxy groups -OCH3 is 2. The molecule has 4 rings (SSSR count). The molecule has 1 N–H and O–H groups in total. The van der Waals surface area contributed by atoms with Gasteiger partial charge in [-0.15, -0.1) is 0 Å². The van der Waals surface area contributed by atoms with Crippen LogP contribution in [0.5, 0.6) is 11.5 Å². The number of anilines is 2. The van der Waals surface area contributed by atoms with Gasteiger partial charge in [-0.1, -0.05) is 30.3 Å². The van der Waals surface area contributed by atoms with Crippen LogP contribution in [0.1, 0.15) is 16.7 Å². The maximum absolute atomic E-state index is 5.37. The summed E-state index contributed by atoms with van der Waals surface area (Å²) in [5.74, 6) is 3.00. The van der Waals surface area contributed by atoms with Crippen molar-refractivity contribution in [3.05, 3.63) is 71.4 Å². The highest BCUT2D eigenvalue weighted by Crippen LogP contribution is 2.28. The normalized spacial score (nSPS) is 13.0. The van der Waals surface area contributed by atoms with E-state index in [1.54, 1.807) is 20.4 Å². The summed E-state index contributed by atoms with van der Waals surface area (Å²) in [7, 11) is 3.28. The minimum Gasteiger partial charge on any atom is -0.493 e. The van der Waals surface area contributed by atoms with Crippen LogP contribution in [0.25, 0.3) is 0 Å².